The molecule has 0 fully saturated rings. The SMILES string of the molecule is Cc1csc(CC(=O)c2cc(-c3ccncc3)cn3ncnc23)n1. The molecule has 118 valence electrons. The third-order valence-corrected chi connectivity index (χ3v) is 4.63. The van der Waals surface area contributed by atoms with Crippen LogP contribution in [0.4, 0.5) is 0 Å². The van der Waals surface area contributed by atoms with Gasteiger partial charge >= 0.3 is 0 Å². The van der Waals surface area contributed by atoms with E-state index in [1.165, 1.54) is 17.7 Å². The largest absolute Gasteiger partial charge is 0.294 e. The number of Topliss-reactive ketones (excluding diaryl/α,β-unsaturated/α-hetero) is 1. The Morgan fingerprint density at radius 2 is 2.08 bits per heavy atom. The minimum absolute atomic E-state index is 0.0155. The highest BCUT2D eigenvalue weighted by atomic mass is 32.1. The number of aromatic nitrogens is 5. The fraction of sp³-hybridized carbons (Fsp3) is 0.118. The third-order valence-electron chi connectivity index (χ3n) is 3.67. The van der Waals surface area contributed by atoms with Crippen LogP contribution in [0.3, 0.4) is 0 Å². The second-order valence-corrected chi connectivity index (χ2v) is 6.33. The van der Waals surface area contributed by atoms with Crippen LogP contribution >= 0.6 is 11.3 Å². The number of hydrogen-bond acceptors (Lipinski definition) is 6. The molecule has 0 bridgehead atoms. The summed E-state index contributed by atoms with van der Waals surface area (Å²) in [5.41, 5.74) is 3.91. The predicted octanol–water partition coefficient (Wildman–Crippen LogP) is 2.98. The van der Waals surface area contributed by atoms with Gasteiger partial charge in [-0.1, -0.05) is 0 Å². The maximum Gasteiger partial charge on any atom is 0.173 e. The van der Waals surface area contributed by atoms with Crippen LogP contribution in [0.25, 0.3) is 16.8 Å². The van der Waals surface area contributed by atoms with Crippen molar-refractivity contribution in [1.82, 2.24) is 24.6 Å². The van der Waals surface area contributed by atoms with Crippen molar-refractivity contribution in [2.45, 2.75) is 13.3 Å². The predicted molar refractivity (Wildman–Crippen MR) is 91.1 cm³/mol. The smallest absolute Gasteiger partial charge is 0.173 e. The fourth-order valence-corrected chi connectivity index (χ4v) is 3.32. The molecular formula is C17H13N5OS. The van der Waals surface area contributed by atoms with Gasteiger partial charge in [0.15, 0.2) is 11.4 Å². The minimum atomic E-state index is -0.0155. The first kappa shape index (κ1) is 14.6. The van der Waals surface area contributed by atoms with E-state index >= 15 is 0 Å². The second-order valence-electron chi connectivity index (χ2n) is 5.39. The molecule has 4 aromatic heterocycles. The Hall–Kier alpha value is -2.93. The van der Waals surface area contributed by atoms with Crippen LogP contribution < -0.4 is 0 Å². The van der Waals surface area contributed by atoms with Crippen molar-refractivity contribution < 1.29 is 4.79 Å². The van der Waals surface area contributed by atoms with Gasteiger partial charge < -0.3 is 0 Å². The van der Waals surface area contributed by atoms with Gasteiger partial charge in [-0.2, -0.15) is 5.10 Å². The van der Waals surface area contributed by atoms with Crippen LogP contribution in [0.15, 0.2) is 48.5 Å². The molecule has 6 nitrogen and oxygen atoms in total. The number of aryl methyl sites for hydroxylation is 1. The Balaban J connectivity index is 1.78. The highest BCUT2D eigenvalue weighted by Crippen LogP contribution is 2.23. The molecule has 4 aromatic rings. The summed E-state index contributed by atoms with van der Waals surface area (Å²) in [6, 6.07) is 5.66. The molecule has 0 aliphatic carbocycles. The number of rotatable bonds is 4. The number of ketones is 1. The summed E-state index contributed by atoms with van der Waals surface area (Å²) < 4.78 is 1.64. The summed E-state index contributed by atoms with van der Waals surface area (Å²) in [7, 11) is 0. The van der Waals surface area contributed by atoms with Crippen molar-refractivity contribution in [3.05, 3.63) is 64.8 Å². The van der Waals surface area contributed by atoms with Crippen LogP contribution in [0.1, 0.15) is 21.1 Å². The van der Waals surface area contributed by atoms with Gasteiger partial charge in [0.2, 0.25) is 0 Å². The number of nitrogens with zero attached hydrogens (tertiary/aromatic N) is 5. The van der Waals surface area contributed by atoms with E-state index in [1.807, 2.05) is 36.7 Å². The number of thiazole rings is 1. The van der Waals surface area contributed by atoms with Gasteiger partial charge in [0.05, 0.1) is 12.0 Å². The molecule has 24 heavy (non-hydrogen) atoms. The standard InChI is InChI=1S/C17H13N5OS/c1-11-9-24-16(21-11)7-15(23)14-6-13(12-2-4-18-5-3-12)8-22-17(14)19-10-20-22/h2-6,8-10H,7H2,1H3. The molecule has 0 aliphatic rings. The molecule has 4 rings (SSSR count). The van der Waals surface area contributed by atoms with Gasteiger partial charge in [-0.15, -0.1) is 11.3 Å². The molecule has 0 aliphatic heterocycles. The van der Waals surface area contributed by atoms with Crippen molar-refractivity contribution >= 4 is 22.8 Å². The van der Waals surface area contributed by atoms with Crippen molar-refractivity contribution in [2.24, 2.45) is 0 Å². The van der Waals surface area contributed by atoms with Crippen molar-refractivity contribution in [3.63, 3.8) is 0 Å². The van der Waals surface area contributed by atoms with Gasteiger partial charge in [0, 0.05) is 35.2 Å². The maximum atomic E-state index is 12.8. The van der Waals surface area contributed by atoms with Crippen LogP contribution in [0.2, 0.25) is 0 Å². The van der Waals surface area contributed by atoms with E-state index in [1.54, 1.807) is 16.9 Å². The summed E-state index contributed by atoms with van der Waals surface area (Å²) >= 11 is 1.50. The monoisotopic (exact) mass is 335 g/mol. The van der Waals surface area contributed by atoms with E-state index in [0.29, 0.717) is 11.2 Å². The number of carbonyl (C=O) groups is 1. The Labute approximate surface area is 141 Å². The average molecular weight is 335 g/mol. The van der Waals surface area contributed by atoms with E-state index in [0.717, 1.165) is 21.8 Å². The van der Waals surface area contributed by atoms with Crippen molar-refractivity contribution in [3.8, 4) is 11.1 Å². The lowest BCUT2D eigenvalue weighted by molar-refractivity contribution is 0.0994. The molecule has 0 saturated heterocycles. The highest BCUT2D eigenvalue weighted by Gasteiger charge is 2.16. The van der Waals surface area contributed by atoms with E-state index in [-0.39, 0.29) is 12.2 Å². The van der Waals surface area contributed by atoms with Crippen LogP contribution in [-0.4, -0.2) is 30.3 Å². The zero-order valence-corrected chi connectivity index (χ0v) is 13.7. The summed E-state index contributed by atoms with van der Waals surface area (Å²) in [6.07, 6.45) is 7.03. The maximum absolute atomic E-state index is 12.8. The Kier molecular flexibility index (Phi) is 3.62. The van der Waals surface area contributed by atoms with Crippen LogP contribution in [0.5, 0.6) is 0 Å². The minimum Gasteiger partial charge on any atom is -0.294 e. The lowest BCUT2D eigenvalue weighted by Gasteiger charge is -2.06. The van der Waals surface area contributed by atoms with Gasteiger partial charge in [-0.3, -0.25) is 9.78 Å². The van der Waals surface area contributed by atoms with Crippen LogP contribution in [-0.2, 0) is 6.42 Å². The summed E-state index contributed by atoms with van der Waals surface area (Å²) in [4.78, 5) is 25.4. The van der Waals surface area contributed by atoms with Gasteiger partial charge in [0.1, 0.15) is 11.3 Å². The van der Waals surface area contributed by atoms with E-state index in [4.69, 9.17) is 0 Å². The Morgan fingerprint density at radius 1 is 1.25 bits per heavy atom. The third kappa shape index (κ3) is 2.69. The number of hydrogen-bond donors (Lipinski definition) is 0. The number of fused-ring (bicyclic) bond motifs is 1. The number of carbonyl (C=O) groups excluding carboxylic acids is 1. The molecule has 0 unspecified atom stereocenters. The zero-order valence-electron chi connectivity index (χ0n) is 12.9. The summed E-state index contributed by atoms with van der Waals surface area (Å²) in [6.45, 7) is 1.92. The van der Waals surface area contributed by atoms with Gasteiger partial charge in [-0.25, -0.2) is 14.5 Å². The zero-order chi connectivity index (χ0) is 16.5. The molecule has 0 spiro atoms. The lowest BCUT2D eigenvalue weighted by Crippen LogP contribution is -2.07. The lowest BCUT2D eigenvalue weighted by atomic mass is 10.0. The highest BCUT2D eigenvalue weighted by molar-refractivity contribution is 7.09. The summed E-state index contributed by atoms with van der Waals surface area (Å²) in [5, 5.41) is 6.94. The first-order valence-corrected chi connectivity index (χ1v) is 8.26. The molecule has 7 heteroatoms. The van der Waals surface area contributed by atoms with E-state index in [9.17, 15) is 4.79 Å². The molecule has 4 heterocycles. The first-order valence-electron chi connectivity index (χ1n) is 7.39. The van der Waals surface area contributed by atoms with Gasteiger partial charge in [-0.05, 0) is 30.7 Å². The Morgan fingerprint density at radius 3 is 2.83 bits per heavy atom. The molecule has 0 N–H and O–H groups in total. The molecule has 0 atom stereocenters. The molecule has 0 aromatic carbocycles. The van der Waals surface area contributed by atoms with Crippen molar-refractivity contribution in [1.29, 1.82) is 0 Å². The molecule has 0 radical (unpaired) electrons. The molecule has 0 saturated carbocycles. The Bertz CT molecular complexity index is 1020. The van der Waals surface area contributed by atoms with Gasteiger partial charge in [0.25, 0.3) is 0 Å². The van der Waals surface area contributed by atoms with E-state index in [2.05, 4.69) is 20.1 Å². The quantitative estimate of drug-likeness (QED) is 0.536. The first-order chi connectivity index (χ1) is 11.7. The normalized spacial score (nSPS) is 11.0. The average Bonchev–Trinajstić information content (AvgIpc) is 3.23. The molecule has 0 amide bonds. The molecular weight excluding hydrogens is 322 g/mol. The van der Waals surface area contributed by atoms with E-state index < -0.39 is 0 Å². The second kappa shape index (κ2) is 5.93. The van der Waals surface area contributed by atoms with Crippen LogP contribution in [0, 0.1) is 6.92 Å². The summed E-state index contributed by atoms with van der Waals surface area (Å²) in [5.74, 6) is -0.0155. The number of pyridine rings is 2. The fourth-order valence-electron chi connectivity index (χ4n) is 2.55. The van der Waals surface area contributed by atoms with Crippen molar-refractivity contribution in [2.75, 3.05) is 0 Å². The topological polar surface area (TPSA) is 73.0 Å².